The van der Waals surface area contributed by atoms with Gasteiger partial charge in [-0.2, -0.15) is 5.10 Å². The summed E-state index contributed by atoms with van der Waals surface area (Å²) in [5, 5.41) is 5.78. The normalized spacial score (nSPS) is 9.31. The molecule has 0 aliphatic carbocycles. The fraction of sp³-hybridized carbons (Fsp3) is 0.200. The van der Waals surface area contributed by atoms with Crippen LogP contribution in [0.4, 0.5) is 0 Å². The van der Waals surface area contributed by atoms with Crippen LogP contribution < -0.4 is 10.9 Å². The molecule has 1 aromatic heterocycles. The molecule has 13 heavy (non-hydrogen) atoms. The standard InChI is InChI=1S/C5H6ClN5O2/c6-1-3(12)9-11-5(13)4-7-2-8-10-4/h2H,1H2,(H,9,12)(H,11,13)(H,7,8,10). The van der Waals surface area contributed by atoms with Crippen LogP contribution in [0.15, 0.2) is 6.33 Å². The van der Waals surface area contributed by atoms with Crippen LogP contribution in [0.3, 0.4) is 0 Å². The zero-order valence-electron chi connectivity index (χ0n) is 6.37. The van der Waals surface area contributed by atoms with Gasteiger partial charge in [0.1, 0.15) is 12.2 Å². The Balaban J connectivity index is 2.39. The van der Waals surface area contributed by atoms with E-state index in [0.29, 0.717) is 0 Å². The average molecular weight is 204 g/mol. The van der Waals surface area contributed by atoms with Crippen molar-refractivity contribution in [1.82, 2.24) is 26.0 Å². The molecule has 0 bridgehead atoms. The molecule has 1 rings (SSSR count). The van der Waals surface area contributed by atoms with E-state index >= 15 is 0 Å². The van der Waals surface area contributed by atoms with Crippen LogP contribution in [-0.2, 0) is 4.79 Å². The summed E-state index contributed by atoms with van der Waals surface area (Å²) in [5.41, 5.74) is 4.14. The second-order valence-corrected chi connectivity index (χ2v) is 2.24. The molecular weight excluding hydrogens is 198 g/mol. The van der Waals surface area contributed by atoms with Gasteiger partial charge in [0.05, 0.1) is 0 Å². The third-order valence-corrected chi connectivity index (χ3v) is 1.31. The van der Waals surface area contributed by atoms with E-state index in [2.05, 4.69) is 26.0 Å². The minimum absolute atomic E-state index is 0.00914. The van der Waals surface area contributed by atoms with Gasteiger partial charge < -0.3 is 0 Å². The summed E-state index contributed by atoms with van der Waals surface area (Å²) in [4.78, 5) is 25.2. The number of amides is 2. The van der Waals surface area contributed by atoms with E-state index in [4.69, 9.17) is 11.6 Å². The van der Waals surface area contributed by atoms with Crippen molar-refractivity contribution in [3.63, 3.8) is 0 Å². The summed E-state index contributed by atoms with van der Waals surface area (Å²) in [6.07, 6.45) is 1.18. The van der Waals surface area contributed by atoms with E-state index in [1.165, 1.54) is 6.33 Å². The number of H-pyrrole nitrogens is 1. The highest BCUT2D eigenvalue weighted by molar-refractivity contribution is 6.27. The molecule has 1 heterocycles. The third kappa shape index (κ3) is 2.71. The maximum absolute atomic E-state index is 11.0. The molecule has 8 heteroatoms. The molecule has 70 valence electrons. The average Bonchev–Trinajstić information content (AvgIpc) is 2.66. The van der Waals surface area contributed by atoms with Gasteiger partial charge in [-0.1, -0.05) is 0 Å². The van der Waals surface area contributed by atoms with Gasteiger partial charge in [-0.05, 0) is 0 Å². The predicted octanol–water partition coefficient (Wildman–Crippen LogP) is -1.20. The second kappa shape index (κ2) is 4.41. The van der Waals surface area contributed by atoms with Crippen LogP contribution in [-0.4, -0.2) is 32.9 Å². The molecule has 0 atom stereocenters. The molecule has 7 nitrogen and oxygen atoms in total. The van der Waals surface area contributed by atoms with Crippen molar-refractivity contribution in [3.8, 4) is 0 Å². The summed E-state index contributed by atoms with van der Waals surface area (Å²) in [6, 6.07) is 0. The maximum atomic E-state index is 11.0. The molecule has 0 fully saturated rings. The van der Waals surface area contributed by atoms with Crippen molar-refractivity contribution in [2.45, 2.75) is 0 Å². The van der Waals surface area contributed by atoms with Gasteiger partial charge in [-0.25, -0.2) is 4.98 Å². The number of hydrazine groups is 1. The number of nitrogens with zero attached hydrogens (tertiary/aromatic N) is 2. The first-order chi connectivity index (χ1) is 6.24. The number of hydrogen-bond acceptors (Lipinski definition) is 4. The van der Waals surface area contributed by atoms with Gasteiger partial charge in [0, 0.05) is 0 Å². The maximum Gasteiger partial charge on any atom is 0.306 e. The fourth-order valence-corrected chi connectivity index (χ4v) is 0.601. The monoisotopic (exact) mass is 203 g/mol. The van der Waals surface area contributed by atoms with E-state index in [1.807, 2.05) is 0 Å². The highest BCUT2D eigenvalue weighted by Crippen LogP contribution is 1.82. The van der Waals surface area contributed by atoms with Crippen LogP contribution in [0.5, 0.6) is 0 Å². The van der Waals surface area contributed by atoms with Gasteiger partial charge in [-0.15, -0.1) is 11.6 Å². The van der Waals surface area contributed by atoms with Gasteiger partial charge >= 0.3 is 5.91 Å². The number of alkyl halides is 1. The zero-order chi connectivity index (χ0) is 9.68. The smallest absolute Gasteiger partial charge is 0.272 e. The Bertz CT molecular complexity index is 298. The first kappa shape index (κ1) is 9.46. The highest BCUT2D eigenvalue weighted by Gasteiger charge is 2.08. The van der Waals surface area contributed by atoms with Gasteiger partial charge in [-0.3, -0.25) is 25.5 Å². The van der Waals surface area contributed by atoms with E-state index in [1.54, 1.807) is 0 Å². The zero-order valence-corrected chi connectivity index (χ0v) is 7.13. The van der Waals surface area contributed by atoms with E-state index in [9.17, 15) is 9.59 Å². The Morgan fingerprint density at radius 2 is 2.31 bits per heavy atom. The largest absolute Gasteiger partial charge is 0.306 e. The van der Waals surface area contributed by atoms with Crippen molar-refractivity contribution in [3.05, 3.63) is 12.2 Å². The van der Waals surface area contributed by atoms with E-state index in [0.717, 1.165) is 0 Å². The summed E-state index contributed by atoms with van der Waals surface area (Å²) in [6.45, 7) is 0. The molecule has 0 saturated heterocycles. The quantitative estimate of drug-likeness (QED) is 0.415. The first-order valence-electron chi connectivity index (χ1n) is 3.24. The molecule has 0 aliphatic heterocycles. The van der Waals surface area contributed by atoms with Gasteiger partial charge in [0.2, 0.25) is 5.82 Å². The minimum atomic E-state index is -0.587. The van der Waals surface area contributed by atoms with Gasteiger partial charge in [0.25, 0.3) is 5.91 Å². The summed E-state index contributed by atoms with van der Waals surface area (Å²) < 4.78 is 0. The lowest BCUT2D eigenvalue weighted by Gasteiger charge is -2.01. The Morgan fingerprint density at radius 3 is 2.85 bits per heavy atom. The van der Waals surface area contributed by atoms with Crippen LogP contribution in [0, 0.1) is 0 Å². The summed E-state index contributed by atoms with van der Waals surface area (Å²) in [7, 11) is 0. The summed E-state index contributed by atoms with van der Waals surface area (Å²) >= 11 is 5.16. The molecule has 0 saturated carbocycles. The molecule has 0 radical (unpaired) electrons. The van der Waals surface area contributed by atoms with Crippen LogP contribution >= 0.6 is 11.6 Å². The van der Waals surface area contributed by atoms with Crippen LogP contribution in [0.1, 0.15) is 10.6 Å². The van der Waals surface area contributed by atoms with Crippen molar-refractivity contribution in [1.29, 1.82) is 0 Å². The number of rotatable bonds is 2. The number of carbonyl (C=O) groups excluding carboxylic acids is 2. The lowest BCUT2D eigenvalue weighted by atomic mass is 10.6. The van der Waals surface area contributed by atoms with Crippen LogP contribution in [0.25, 0.3) is 0 Å². The van der Waals surface area contributed by atoms with E-state index < -0.39 is 11.8 Å². The van der Waals surface area contributed by atoms with Crippen molar-refractivity contribution in [2.75, 3.05) is 5.88 Å². The minimum Gasteiger partial charge on any atom is -0.272 e. The van der Waals surface area contributed by atoms with E-state index in [-0.39, 0.29) is 11.7 Å². The Kier molecular flexibility index (Phi) is 3.21. The number of nitrogens with one attached hydrogen (secondary N) is 3. The fourth-order valence-electron chi connectivity index (χ4n) is 0.534. The lowest BCUT2D eigenvalue weighted by molar-refractivity contribution is -0.119. The Morgan fingerprint density at radius 1 is 1.54 bits per heavy atom. The van der Waals surface area contributed by atoms with Crippen molar-refractivity contribution >= 4 is 23.4 Å². The van der Waals surface area contributed by atoms with Gasteiger partial charge in [0.15, 0.2) is 0 Å². The number of aromatic nitrogens is 3. The molecule has 0 spiro atoms. The molecule has 3 N–H and O–H groups in total. The lowest BCUT2D eigenvalue weighted by Crippen LogP contribution is -2.42. The Hall–Kier alpha value is -1.63. The highest BCUT2D eigenvalue weighted by atomic mass is 35.5. The molecule has 2 amide bonds. The number of hydrogen-bond donors (Lipinski definition) is 3. The molecule has 0 aliphatic rings. The molecule has 1 aromatic rings. The number of aromatic amines is 1. The third-order valence-electron chi connectivity index (χ3n) is 1.07. The first-order valence-corrected chi connectivity index (χ1v) is 3.78. The predicted molar refractivity (Wildman–Crippen MR) is 42.7 cm³/mol. The van der Waals surface area contributed by atoms with Crippen molar-refractivity contribution in [2.24, 2.45) is 0 Å². The molecule has 0 aromatic carbocycles. The SMILES string of the molecule is O=C(CCl)NNC(=O)c1ncn[nH]1. The topological polar surface area (TPSA) is 99.8 Å². The molecule has 0 unspecified atom stereocenters. The second-order valence-electron chi connectivity index (χ2n) is 1.97. The Labute approximate surface area is 77.8 Å². The summed E-state index contributed by atoms with van der Waals surface area (Å²) in [5.74, 6) is -1.31. The number of halogens is 1. The van der Waals surface area contributed by atoms with Crippen molar-refractivity contribution < 1.29 is 9.59 Å². The number of carbonyl (C=O) groups is 2. The molecular formula is C5H6ClN5O2. The van der Waals surface area contributed by atoms with Crippen LogP contribution in [0.2, 0.25) is 0 Å².